The first-order valence-electron chi connectivity index (χ1n) is 11.9. The Balaban J connectivity index is 1.47. The summed E-state index contributed by atoms with van der Waals surface area (Å²) < 4.78 is 24.7. The third-order valence-corrected chi connectivity index (χ3v) is 7.05. The van der Waals surface area contributed by atoms with E-state index in [1.165, 1.54) is 20.3 Å². The Morgan fingerprint density at radius 2 is 1.56 bits per heavy atom. The SMILES string of the molecule is COC(OC)[C@H]1O[C@@H]2[C@@H](Oc3nc(=O)cc(C4N(c5ccccc5)CCN4c4ccccc4)n32)[C@@H]1O. The second-order valence-corrected chi connectivity index (χ2v) is 9.01. The number of aromatic nitrogens is 2. The van der Waals surface area contributed by atoms with Gasteiger partial charge in [0, 0.05) is 44.8 Å². The van der Waals surface area contributed by atoms with Crippen molar-refractivity contribution in [2.45, 2.75) is 37.0 Å². The number of hydrogen-bond donors (Lipinski definition) is 1. The summed E-state index contributed by atoms with van der Waals surface area (Å²) in [4.78, 5) is 21.4. The van der Waals surface area contributed by atoms with Crippen LogP contribution in [0.25, 0.3) is 0 Å². The maximum atomic E-state index is 12.8. The number of nitrogens with zero attached hydrogens (tertiary/aromatic N) is 4. The van der Waals surface area contributed by atoms with Gasteiger partial charge in [-0.15, -0.1) is 0 Å². The van der Waals surface area contributed by atoms with E-state index in [0.717, 1.165) is 24.5 Å². The van der Waals surface area contributed by atoms with Crippen molar-refractivity contribution in [3.8, 4) is 6.01 Å². The van der Waals surface area contributed by atoms with Crippen LogP contribution >= 0.6 is 0 Å². The van der Waals surface area contributed by atoms with Gasteiger partial charge in [0.25, 0.3) is 5.56 Å². The Kier molecular flexibility index (Phi) is 5.88. The van der Waals surface area contributed by atoms with Crippen molar-refractivity contribution in [2.75, 3.05) is 37.1 Å². The molecule has 4 heterocycles. The molecule has 0 radical (unpaired) electrons. The fraction of sp³-hybridized carbons (Fsp3) is 0.385. The molecule has 3 aliphatic heterocycles. The molecule has 10 nitrogen and oxygen atoms in total. The van der Waals surface area contributed by atoms with E-state index in [1.807, 2.05) is 36.4 Å². The van der Waals surface area contributed by atoms with Crippen LogP contribution in [0.4, 0.5) is 11.4 Å². The first-order chi connectivity index (χ1) is 17.6. The minimum atomic E-state index is -1.04. The normalized spacial score (nSPS) is 25.3. The molecule has 2 aromatic carbocycles. The molecule has 0 spiro atoms. The molecule has 0 amide bonds. The number of benzene rings is 2. The predicted molar refractivity (Wildman–Crippen MR) is 131 cm³/mol. The topological polar surface area (TPSA) is 98.5 Å². The van der Waals surface area contributed by atoms with Crippen LogP contribution in [0.3, 0.4) is 0 Å². The lowest BCUT2D eigenvalue weighted by Gasteiger charge is -2.34. The molecule has 36 heavy (non-hydrogen) atoms. The van der Waals surface area contributed by atoms with Crippen molar-refractivity contribution in [3.63, 3.8) is 0 Å². The van der Waals surface area contributed by atoms with Gasteiger partial charge in [0.05, 0.1) is 5.69 Å². The van der Waals surface area contributed by atoms with E-state index in [0.29, 0.717) is 5.69 Å². The molecule has 4 atom stereocenters. The molecule has 2 fully saturated rings. The zero-order valence-electron chi connectivity index (χ0n) is 20.0. The molecule has 3 aromatic rings. The van der Waals surface area contributed by atoms with Gasteiger partial charge in [-0.2, -0.15) is 4.98 Å². The quantitative estimate of drug-likeness (QED) is 0.518. The van der Waals surface area contributed by atoms with Crippen molar-refractivity contribution in [1.29, 1.82) is 0 Å². The standard InChI is InChI=1S/C26H28N4O6/c1-33-25(34-2)22-20(32)21-24(35-22)30-18(15-19(31)27-26(30)36-21)23-28(16-9-5-3-6-10-16)13-14-29(23)17-11-7-4-8-12-17/h3-12,15,20-25,32H,13-14H2,1-2H3/t20-,21-,22-,24+/m0/s1. The lowest BCUT2D eigenvalue weighted by atomic mass is 10.1. The predicted octanol–water partition coefficient (Wildman–Crippen LogP) is 1.91. The van der Waals surface area contributed by atoms with E-state index in [4.69, 9.17) is 18.9 Å². The number of anilines is 2. The third kappa shape index (κ3) is 3.65. The number of methoxy groups -OCH3 is 2. The molecule has 2 saturated heterocycles. The molecule has 0 bridgehead atoms. The Morgan fingerprint density at radius 3 is 2.11 bits per heavy atom. The monoisotopic (exact) mass is 492 g/mol. The maximum absolute atomic E-state index is 12.8. The number of aliphatic hydroxyl groups is 1. The molecule has 188 valence electrons. The van der Waals surface area contributed by atoms with Crippen LogP contribution in [0.2, 0.25) is 0 Å². The lowest BCUT2D eigenvalue weighted by Crippen LogP contribution is -2.41. The molecule has 0 unspecified atom stereocenters. The smallest absolute Gasteiger partial charge is 0.302 e. The van der Waals surface area contributed by atoms with Gasteiger partial charge in [-0.05, 0) is 24.3 Å². The van der Waals surface area contributed by atoms with Crippen LogP contribution in [0.5, 0.6) is 6.01 Å². The fourth-order valence-electron chi connectivity index (χ4n) is 5.47. The lowest BCUT2D eigenvalue weighted by molar-refractivity contribution is -0.198. The van der Waals surface area contributed by atoms with Gasteiger partial charge in [-0.3, -0.25) is 9.36 Å². The van der Waals surface area contributed by atoms with Crippen molar-refractivity contribution in [1.82, 2.24) is 9.55 Å². The molecule has 0 aliphatic carbocycles. The number of aliphatic hydroxyl groups excluding tert-OH is 1. The Bertz CT molecular complexity index is 1220. The molecule has 10 heteroatoms. The second kappa shape index (κ2) is 9.21. The molecule has 1 N–H and O–H groups in total. The fourth-order valence-corrected chi connectivity index (χ4v) is 5.47. The van der Waals surface area contributed by atoms with Gasteiger partial charge in [-0.25, -0.2) is 0 Å². The van der Waals surface area contributed by atoms with Crippen molar-refractivity contribution >= 4 is 11.4 Å². The van der Waals surface area contributed by atoms with E-state index in [2.05, 4.69) is 39.0 Å². The summed E-state index contributed by atoms with van der Waals surface area (Å²) in [5.74, 6) is 0. The van der Waals surface area contributed by atoms with E-state index < -0.39 is 36.4 Å². The van der Waals surface area contributed by atoms with Gasteiger partial charge in [-0.1, -0.05) is 36.4 Å². The highest BCUT2D eigenvalue weighted by Crippen LogP contribution is 2.45. The van der Waals surface area contributed by atoms with E-state index >= 15 is 0 Å². The van der Waals surface area contributed by atoms with Gasteiger partial charge in [0.15, 0.2) is 18.6 Å². The van der Waals surface area contributed by atoms with Crippen molar-refractivity contribution in [3.05, 3.63) is 82.8 Å². The maximum Gasteiger partial charge on any atom is 0.302 e. The number of ether oxygens (including phenoxy) is 4. The van der Waals surface area contributed by atoms with Crippen LogP contribution in [0.1, 0.15) is 18.1 Å². The van der Waals surface area contributed by atoms with Crippen molar-refractivity contribution in [2.24, 2.45) is 0 Å². The molecule has 6 rings (SSSR count). The number of hydrogen-bond acceptors (Lipinski definition) is 9. The summed E-state index contributed by atoms with van der Waals surface area (Å²) in [6.45, 7) is 1.48. The number of para-hydroxylation sites is 2. The molecule has 0 saturated carbocycles. The summed E-state index contributed by atoms with van der Waals surface area (Å²) in [6, 6.07) is 21.8. The minimum absolute atomic E-state index is 0.129. The van der Waals surface area contributed by atoms with E-state index in [9.17, 15) is 9.90 Å². The second-order valence-electron chi connectivity index (χ2n) is 9.01. The molecular formula is C26H28N4O6. The molecule has 1 aromatic heterocycles. The van der Waals surface area contributed by atoms with Gasteiger partial charge in [0.1, 0.15) is 18.4 Å². The van der Waals surface area contributed by atoms with Gasteiger partial charge >= 0.3 is 6.01 Å². The van der Waals surface area contributed by atoms with Crippen LogP contribution in [0, 0.1) is 0 Å². The largest absolute Gasteiger partial charge is 0.453 e. The highest BCUT2D eigenvalue weighted by Gasteiger charge is 2.55. The van der Waals surface area contributed by atoms with E-state index in [1.54, 1.807) is 4.57 Å². The minimum Gasteiger partial charge on any atom is -0.453 e. The molecule has 3 aliphatic rings. The Hall–Kier alpha value is -3.44. The van der Waals surface area contributed by atoms with Gasteiger partial charge in [0.2, 0.25) is 0 Å². The van der Waals surface area contributed by atoms with Crippen molar-refractivity contribution < 1.29 is 24.1 Å². The zero-order chi connectivity index (χ0) is 24.8. The van der Waals surface area contributed by atoms with Crippen LogP contribution < -0.4 is 20.1 Å². The first-order valence-corrected chi connectivity index (χ1v) is 11.9. The number of fused-ring (bicyclic) bond motifs is 3. The van der Waals surface area contributed by atoms with E-state index in [-0.39, 0.29) is 12.2 Å². The molecular weight excluding hydrogens is 464 g/mol. The average Bonchev–Trinajstić information content (AvgIpc) is 3.59. The first kappa shape index (κ1) is 23.0. The Morgan fingerprint density at radius 1 is 0.972 bits per heavy atom. The van der Waals surface area contributed by atoms with Crippen LogP contribution in [0.15, 0.2) is 71.5 Å². The summed E-state index contributed by atoms with van der Waals surface area (Å²) in [7, 11) is 2.98. The summed E-state index contributed by atoms with van der Waals surface area (Å²) in [5, 5.41) is 11.0. The summed E-state index contributed by atoms with van der Waals surface area (Å²) in [5.41, 5.74) is 2.31. The summed E-state index contributed by atoms with van der Waals surface area (Å²) in [6.07, 6.45) is -4.38. The highest BCUT2D eigenvalue weighted by atomic mass is 16.7. The van der Waals surface area contributed by atoms with Crippen LogP contribution in [-0.4, -0.2) is 66.6 Å². The van der Waals surface area contributed by atoms with Crippen LogP contribution in [-0.2, 0) is 14.2 Å². The number of rotatable bonds is 6. The average molecular weight is 493 g/mol. The summed E-state index contributed by atoms with van der Waals surface area (Å²) >= 11 is 0. The van der Waals surface area contributed by atoms with Gasteiger partial charge < -0.3 is 33.9 Å². The Labute approximate surface area is 208 Å². The zero-order valence-corrected chi connectivity index (χ0v) is 20.0. The highest BCUT2D eigenvalue weighted by molar-refractivity contribution is 5.58. The third-order valence-electron chi connectivity index (χ3n) is 7.05.